The van der Waals surface area contributed by atoms with Crippen LogP contribution in [0, 0.1) is 5.82 Å². The van der Waals surface area contributed by atoms with Crippen LogP contribution in [0.25, 0.3) is 11.0 Å². The first kappa shape index (κ1) is 14.8. The Morgan fingerprint density at radius 1 is 1.48 bits per heavy atom. The van der Waals surface area contributed by atoms with Crippen molar-refractivity contribution in [3.8, 4) is 0 Å². The Labute approximate surface area is 127 Å². The van der Waals surface area contributed by atoms with Gasteiger partial charge in [-0.3, -0.25) is 0 Å². The fourth-order valence-corrected chi connectivity index (χ4v) is 4.80. The molecule has 0 aliphatic carbocycles. The van der Waals surface area contributed by atoms with Gasteiger partial charge in [0.25, 0.3) is 0 Å². The number of halogens is 2. The molecule has 1 fully saturated rings. The van der Waals surface area contributed by atoms with Crippen LogP contribution in [0.15, 0.2) is 18.2 Å². The molecular formula is C14H16ClFN2O2S. The van der Waals surface area contributed by atoms with Crippen LogP contribution in [0.3, 0.4) is 0 Å². The van der Waals surface area contributed by atoms with Crippen molar-refractivity contribution in [1.82, 2.24) is 9.55 Å². The van der Waals surface area contributed by atoms with E-state index in [1.54, 1.807) is 19.1 Å². The number of hydrogen-bond acceptors (Lipinski definition) is 3. The summed E-state index contributed by atoms with van der Waals surface area (Å²) in [5.74, 6) is 0.393. The van der Waals surface area contributed by atoms with Crippen molar-refractivity contribution in [3.63, 3.8) is 0 Å². The van der Waals surface area contributed by atoms with Gasteiger partial charge in [-0.2, -0.15) is 0 Å². The molecule has 0 amide bonds. The summed E-state index contributed by atoms with van der Waals surface area (Å²) in [5.41, 5.74) is 0.863. The van der Waals surface area contributed by atoms with Gasteiger partial charge in [0, 0.05) is 6.04 Å². The lowest BCUT2D eigenvalue weighted by molar-refractivity contribution is 0.466. The highest BCUT2D eigenvalue weighted by Crippen LogP contribution is 2.33. The molecule has 0 bridgehead atoms. The van der Waals surface area contributed by atoms with Gasteiger partial charge in [0.15, 0.2) is 15.7 Å². The van der Waals surface area contributed by atoms with E-state index in [0.717, 1.165) is 6.42 Å². The predicted molar refractivity (Wildman–Crippen MR) is 80.9 cm³/mol. The van der Waals surface area contributed by atoms with Gasteiger partial charge in [0.05, 0.1) is 22.4 Å². The molecule has 21 heavy (non-hydrogen) atoms. The summed E-state index contributed by atoms with van der Waals surface area (Å²) >= 11 is 6.17. The number of benzene rings is 1. The molecule has 2 heterocycles. The summed E-state index contributed by atoms with van der Waals surface area (Å²) < 4.78 is 39.5. The van der Waals surface area contributed by atoms with Crippen LogP contribution in [-0.2, 0) is 9.84 Å². The third kappa shape index (κ3) is 2.66. The van der Waals surface area contributed by atoms with Gasteiger partial charge in [-0.1, -0.05) is 6.07 Å². The highest BCUT2D eigenvalue weighted by atomic mass is 35.5. The molecule has 1 aromatic heterocycles. The summed E-state index contributed by atoms with van der Waals surface area (Å²) in [6.45, 7) is 1.76. The summed E-state index contributed by atoms with van der Waals surface area (Å²) in [6, 6.07) is 4.48. The van der Waals surface area contributed by atoms with Gasteiger partial charge in [-0.25, -0.2) is 17.8 Å². The second-order valence-corrected chi connectivity index (χ2v) is 8.36. The van der Waals surface area contributed by atoms with Gasteiger partial charge in [0.1, 0.15) is 11.3 Å². The number of imidazole rings is 1. The van der Waals surface area contributed by atoms with E-state index in [0.29, 0.717) is 17.8 Å². The van der Waals surface area contributed by atoms with E-state index in [9.17, 15) is 12.8 Å². The minimum atomic E-state index is -3.06. The van der Waals surface area contributed by atoms with Crippen molar-refractivity contribution in [2.24, 2.45) is 0 Å². The first-order chi connectivity index (χ1) is 9.89. The molecule has 114 valence electrons. The zero-order chi connectivity index (χ0) is 15.2. The molecule has 0 spiro atoms. The molecule has 3 rings (SSSR count). The van der Waals surface area contributed by atoms with Crippen molar-refractivity contribution in [1.29, 1.82) is 0 Å². The lowest BCUT2D eigenvalue weighted by Crippen LogP contribution is -2.28. The molecular weight excluding hydrogens is 315 g/mol. The number of rotatable bonds is 2. The van der Waals surface area contributed by atoms with Gasteiger partial charge in [0.2, 0.25) is 0 Å². The van der Waals surface area contributed by atoms with E-state index < -0.39 is 21.0 Å². The molecule has 2 unspecified atom stereocenters. The minimum Gasteiger partial charge on any atom is -0.322 e. The van der Waals surface area contributed by atoms with Crippen molar-refractivity contribution in [2.75, 3.05) is 11.5 Å². The molecule has 1 aromatic carbocycles. The van der Waals surface area contributed by atoms with Crippen molar-refractivity contribution in [3.05, 3.63) is 29.8 Å². The number of hydrogen-bond donors (Lipinski definition) is 0. The van der Waals surface area contributed by atoms with Crippen molar-refractivity contribution in [2.45, 2.75) is 31.2 Å². The molecule has 1 aliphatic heterocycles. The Balaban J connectivity index is 2.20. The average molecular weight is 331 g/mol. The van der Waals surface area contributed by atoms with Crippen LogP contribution >= 0.6 is 11.6 Å². The second kappa shape index (κ2) is 5.25. The summed E-state index contributed by atoms with van der Waals surface area (Å²) in [7, 11) is -3.06. The van der Waals surface area contributed by atoms with Gasteiger partial charge < -0.3 is 4.57 Å². The van der Waals surface area contributed by atoms with Crippen LogP contribution in [-0.4, -0.2) is 29.5 Å². The monoisotopic (exact) mass is 330 g/mol. The number of fused-ring (bicyclic) bond motifs is 1. The van der Waals surface area contributed by atoms with Crippen LogP contribution in [0.1, 0.15) is 37.0 Å². The van der Waals surface area contributed by atoms with Crippen LogP contribution < -0.4 is 0 Å². The Kier molecular flexibility index (Phi) is 3.69. The lowest BCUT2D eigenvalue weighted by atomic mass is 10.1. The van der Waals surface area contributed by atoms with E-state index >= 15 is 0 Å². The largest absolute Gasteiger partial charge is 0.322 e. The van der Waals surface area contributed by atoms with E-state index in [1.165, 1.54) is 6.07 Å². The van der Waals surface area contributed by atoms with E-state index in [1.807, 2.05) is 4.57 Å². The molecule has 7 heteroatoms. The van der Waals surface area contributed by atoms with Crippen LogP contribution in [0.5, 0.6) is 0 Å². The molecule has 1 saturated heterocycles. The number of para-hydroxylation sites is 1. The van der Waals surface area contributed by atoms with Gasteiger partial charge in [-0.05, 0) is 31.9 Å². The number of alkyl halides is 1. The Bertz CT molecular complexity index is 786. The van der Waals surface area contributed by atoms with E-state index in [-0.39, 0.29) is 23.1 Å². The Morgan fingerprint density at radius 2 is 2.24 bits per heavy atom. The maximum Gasteiger partial charge on any atom is 0.152 e. The van der Waals surface area contributed by atoms with Crippen LogP contribution in [0.2, 0.25) is 0 Å². The summed E-state index contributed by atoms with van der Waals surface area (Å²) in [4.78, 5) is 4.30. The maximum absolute atomic E-state index is 13.9. The topological polar surface area (TPSA) is 52.0 Å². The number of aromatic nitrogens is 2. The molecule has 4 nitrogen and oxygen atoms in total. The first-order valence-corrected chi connectivity index (χ1v) is 9.15. The third-order valence-corrected chi connectivity index (χ3v) is 5.86. The van der Waals surface area contributed by atoms with Crippen molar-refractivity contribution >= 4 is 32.5 Å². The third-order valence-electron chi connectivity index (χ3n) is 3.86. The van der Waals surface area contributed by atoms with E-state index in [4.69, 9.17) is 11.6 Å². The lowest BCUT2D eigenvalue weighted by Gasteiger charge is -2.26. The molecule has 0 radical (unpaired) electrons. The highest BCUT2D eigenvalue weighted by Gasteiger charge is 2.30. The zero-order valence-electron chi connectivity index (χ0n) is 11.6. The molecule has 2 atom stereocenters. The van der Waals surface area contributed by atoms with Gasteiger partial charge in [-0.15, -0.1) is 11.6 Å². The number of sulfone groups is 1. The zero-order valence-corrected chi connectivity index (χ0v) is 13.2. The Hall–Kier alpha value is -1.14. The normalized spacial score (nSPS) is 23.3. The molecule has 1 aliphatic rings. The first-order valence-electron chi connectivity index (χ1n) is 6.90. The average Bonchev–Trinajstić information content (AvgIpc) is 2.78. The van der Waals surface area contributed by atoms with Crippen molar-refractivity contribution < 1.29 is 12.8 Å². The maximum atomic E-state index is 13.9. The molecule has 0 N–H and O–H groups in total. The quantitative estimate of drug-likeness (QED) is 0.794. The minimum absolute atomic E-state index is 0.0611. The molecule has 0 saturated carbocycles. The standard InChI is InChI=1S/C14H16ClFN2O2S/c1-9(15)14-17-13-11(16)5-2-6-12(13)18(14)10-4-3-7-21(19,20)8-10/h2,5-6,9-10H,3-4,7-8H2,1H3. The predicted octanol–water partition coefficient (Wildman–Crippen LogP) is 3.22. The number of nitrogens with zero attached hydrogens (tertiary/aromatic N) is 2. The summed E-state index contributed by atoms with van der Waals surface area (Å²) in [5, 5.41) is -0.415. The SMILES string of the molecule is CC(Cl)c1nc2c(F)cccc2n1C1CCCS(=O)(=O)C1. The van der Waals surface area contributed by atoms with Crippen LogP contribution in [0.4, 0.5) is 4.39 Å². The second-order valence-electron chi connectivity index (χ2n) is 5.47. The molecule has 2 aromatic rings. The fourth-order valence-electron chi connectivity index (χ4n) is 2.97. The van der Waals surface area contributed by atoms with Gasteiger partial charge >= 0.3 is 0 Å². The summed E-state index contributed by atoms with van der Waals surface area (Å²) in [6.07, 6.45) is 1.34. The fraction of sp³-hybridized carbons (Fsp3) is 0.500. The Morgan fingerprint density at radius 3 is 2.90 bits per heavy atom. The van der Waals surface area contributed by atoms with E-state index in [2.05, 4.69) is 4.98 Å². The highest BCUT2D eigenvalue weighted by molar-refractivity contribution is 7.91. The smallest absolute Gasteiger partial charge is 0.152 e.